The van der Waals surface area contributed by atoms with E-state index in [2.05, 4.69) is 0 Å². The van der Waals surface area contributed by atoms with E-state index >= 15 is 0 Å². The summed E-state index contributed by atoms with van der Waals surface area (Å²) in [5.74, 6) is -2.22. The van der Waals surface area contributed by atoms with Crippen molar-refractivity contribution in [1.29, 1.82) is 0 Å². The molecule has 1 heterocycles. The number of hydrogen-bond acceptors (Lipinski definition) is 5. The zero-order chi connectivity index (χ0) is 16.1. The maximum absolute atomic E-state index is 12.6. The van der Waals surface area contributed by atoms with Gasteiger partial charge in [-0.15, -0.1) is 0 Å². The van der Waals surface area contributed by atoms with Gasteiger partial charge in [0, 0.05) is 19.8 Å². The third-order valence-electron chi connectivity index (χ3n) is 4.49. The smallest absolute Gasteiger partial charge is 0.327 e. The zero-order valence-electron chi connectivity index (χ0n) is 13.0. The topological polar surface area (TPSA) is 72.8 Å². The van der Waals surface area contributed by atoms with E-state index in [0.717, 1.165) is 18.4 Å². The van der Waals surface area contributed by atoms with Gasteiger partial charge < -0.3 is 14.6 Å². The van der Waals surface area contributed by atoms with Gasteiger partial charge in [-0.3, -0.25) is 9.59 Å². The van der Waals surface area contributed by atoms with Gasteiger partial charge in [-0.1, -0.05) is 12.1 Å². The van der Waals surface area contributed by atoms with Crippen molar-refractivity contribution in [2.24, 2.45) is 11.3 Å². The highest BCUT2D eigenvalue weighted by Crippen LogP contribution is 2.54. The van der Waals surface area contributed by atoms with Gasteiger partial charge in [0.15, 0.2) is 5.41 Å². The molecular weight excluding hydrogens is 284 g/mol. The van der Waals surface area contributed by atoms with Crippen LogP contribution in [-0.4, -0.2) is 22.8 Å². The Balaban J connectivity index is 2.02. The molecule has 1 N–H and O–H groups in total. The van der Waals surface area contributed by atoms with Crippen LogP contribution in [0.2, 0.25) is 0 Å². The van der Waals surface area contributed by atoms with E-state index in [9.17, 15) is 14.7 Å². The predicted octanol–water partition coefficient (Wildman–Crippen LogP) is 2.73. The molecule has 0 aromatic heterocycles. The molecule has 0 spiro atoms. The number of carbonyl (C=O) groups is 2. The second kappa shape index (κ2) is 4.73. The number of rotatable bonds is 3. The molecule has 1 aliphatic carbocycles. The number of carbonyl (C=O) groups excluding carboxylic acids is 2. The standard InChI is InChI=1S/C17H20O5/c1-16(2)21-14(19)17(3,15(20)22-16)13(10-4-5-10)11-6-8-12(18)9-7-11/h6-10,13,18H,4-5H2,1-3H3. The van der Waals surface area contributed by atoms with Gasteiger partial charge in [-0.05, 0) is 43.4 Å². The van der Waals surface area contributed by atoms with E-state index in [1.165, 1.54) is 0 Å². The van der Waals surface area contributed by atoms with E-state index < -0.39 is 23.1 Å². The molecule has 1 saturated heterocycles. The molecule has 0 radical (unpaired) electrons. The Morgan fingerprint density at radius 3 is 2.00 bits per heavy atom. The quantitative estimate of drug-likeness (QED) is 0.686. The molecule has 1 saturated carbocycles. The van der Waals surface area contributed by atoms with E-state index in [4.69, 9.17) is 9.47 Å². The minimum Gasteiger partial charge on any atom is -0.508 e. The number of aromatic hydroxyl groups is 1. The lowest BCUT2D eigenvalue weighted by Gasteiger charge is -2.42. The number of cyclic esters (lactones) is 2. The van der Waals surface area contributed by atoms with Crippen molar-refractivity contribution in [3.8, 4) is 5.75 Å². The van der Waals surface area contributed by atoms with E-state index in [0.29, 0.717) is 0 Å². The van der Waals surface area contributed by atoms with E-state index in [-0.39, 0.29) is 17.6 Å². The minimum atomic E-state index is -1.35. The van der Waals surface area contributed by atoms with Crippen LogP contribution in [0.4, 0.5) is 0 Å². The van der Waals surface area contributed by atoms with Crippen molar-refractivity contribution in [2.45, 2.75) is 45.3 Å². The third kappa shape index (κ3) is 2.34. The van der Waals surface area contributed by atoms with Gasteiger partial charge in [-0.2, -0.15) is 0 Å². The number of benzene rings is 1. The average Bonchev–Trinajstić information content (AvgIpc) is 3.23. The highest BCUT2D eigenvalue weighted by atomic mass is 16.7. The number of ether oxygens (including phenoxy) is 2. The minimum absolute atomic E-state index is 0.151. The molecule has 3 rings (SSSR count). The van der Waals surface area contributed by atoms with Crippen LogP contribution in [0, 0.1) is 11.3 Å². The number of hydrogen-bond donors (Lipinski definition) is 1. The summed E-state index contributed by atoms with van der Waals surface area (Å²) in [6, 6.07) is 6.64. The largest absolute Gasteiger partial charge is 0.508 e. The molecular formula is C17H20O5. The molecule has 1 aromatic rings. The molecule has 2 aliphatic rings. The normalized spacial score (nSPS) is 24.3. The Hall–Kier alpha value is -2.04. The second-order valence-electron chi connectivity index (χ2n) is 6.79. The van der Waals surface area contributed by atoms with Crippen molar-refractivity contribution >= 4 is 11.9 Å². The van der Waals surface area contributed by atoms with Crippen LogP contribution in [-0.2, 0) is 19.1 Å². The van der Waals surface area contributed by atoms with Gasteiger partial charge in [-0.25, -0.2) is 0 Å². The van der Waals surface area contributed by atoms with Crippen LogP contribution < -0.4 is 0 Å². The van der Waals surface area contributed by atoms with E-state index in [1.807, 2.05) is 0 Å². The molecule has 1 atom stereocenters. The number of phenols is 1. The summed E-state index contributed by atoms with van der Waals surface area (Å²) < 4.78 is 10.7. The summed E-state index contributed by atoms with van der Waals surface area (Å²) in [5.41, 5.74) is -0.510. The fourth-order valence-electron chi connectivity index (χ4n) is 3.20. The Labute approximate surface area is 129 Å². The molecule has 1 aliphatic heterocycles. The lowest BCUT2D eigenvalue weighted by atomic mass is 9.70. The first-order chi connectivity index (χ1) is 10.2. The van der Waals surface area contributed by atoms with E-state index in [1.54, 1.807) is 45.0 Å². The van der Waals surface area contributed by atoms with Crippen LogP contribution >= 0.6 is 0 Å². The Morgan fingerprint density at radius 1 is 1.05 bits per heavy atom. The van der Waals surface area contributed by atoms with Gasteiger partial charge >= 0.3 is 11.9 Å². The van der Waals surface area contributed by atoms with Gasteiger partial charge in [0.25, 0.3) is 5.79 Å². The molecule has 5 heteroatoms. The van der Waals surface area contributed by atoms with Crippen molar-refractivity contribution in [2.75, 3.05) is 0 Å². The molecule has 2 fully saturated rings. The lowest BCUT2D eigenvalue weighted by molar-refractivity contribution is -0.252. The summed E-state index contributed by atoms with van der Waals surface area (Å²) in [7, 11) is 0. The predicted molar refractivity (Wildman–Crippen MR) is 77.9 cm³/mol. The molecule has 118 valence electrons. The van der Waals surface area contributed by atoms with Crippen LogP contribution in [0.3, 0.4) is 0 Å². The first kappa shape index (κ1) is 14.9. The average molecular weight is 304 g/mol. The Kier molecular flexibility index (Phi) is 3.20. The molecule has 22 heavy (non-hydrogen) atoms. The van der Waals surface area contributed by atoms with Crippen molar-refractivity contribution < 1.29 is 24.2 Å². The summed E-state index contributed by atoms with van der Waals surface area (Å²) in [5, 5.41) is 9.46. The molecule has 1 aromatic carbocycles. The monoisotopic (exact) mass is 304 g/mol. The Bertz CT molecular complexity index is 592. The molecule has 0 bridgehead atoms. The van der Waals surface area contributed by atoms with Gasteiger partial charge in [0.2, 0.25) is 0 Å². The fraction of sp³-hybridized carbons (Fsp3) is 0.529. The SMILES string of the molecule is CC1(C)OC(=O)C(C)(C(c2ccc(O)cc2)C2CC2)C(=O)O1. The van der Waals surface area contributed by atoms with Crippen LogP contribution in [0.1, 0.15) is 45.1 Å². The van der Waals surface area contributed by atoms with Crippen LogP contribution in [0.25, 0.3) is 0 Å². The highest BCUT2D eigenvalue weighted by molar-refractivity contribution is 6.02. The Morgan fingerprint density at radius 2 is 1.55 bits per heavy atom. The summed E-state index contributed by atoms with van der Waals surface area (Å²) in [6.45, 7) is 4.70. The molecule has 5 nitrogen and oxygen atoms in total. The van der Waals surface area contributed by atoms with Crippen molar-refractivity contribution in [3.05, 3.63) is 29.8 Å². The van der Waals surface area contributed by atoms with Gasteiger partial charge in [0.05, 0.1) is 0 Å². The number of phenolic OH excluding ortho intramolecular Hbond substituents is 1. The summed E-state index contributed by atoms with van der Waals surface area (Å²) in [4.78, 5) is 25.2. The maximum Gasteiger partial charge on any atom is 0.327 e. The molecule has 1 unspecified atom stereocenters. The summed E-state index contributed by atoms with van der Waals surface area (Å²) in [6.07, 6.45) is 1.93. The van der Waals surface area contributed by atoms with Gasteiger partial charge in [0.1, 0.15) is 5.75 Å². The van der Waals surface area contributed by atoms with Crippen molar-refractivity contribution in [3.63, 3.8) is 0 Å². The maximum atomic E-state index is 12.6. The lowest BCUT2D eigenvalue weighted by Crippen LogP contribution is -2.55. The number of esters is 2. The van der Waals surface area contributed by atoms with Crippen molar-refractivity contribution in [1.82, 2.24) is 0 Å². The highest BCUT2D eigenvalue weighted by Gasteiger charge is 2.60. The van der Waals surface area contributed by atoms with Crippen LogP contribution in [0.15, 0.2) is 24.3 Å². The van der Waals surface area contributed by atoms with Crippen LogP contribution in [0.5, 0.6) is 5.75 Å². The first-order valence-corrected chi connectivity index (χ1v) is 7.50. The zero-order valence-corrected chi connectivity index (χ0v) is 13.0. The summed E-state index contributed by atoms with van der Waals surface area (Å²) >= 11 is 0. The third-order valence-corrected chi connectivity index (χ3v) is 4.49. The molecule has 0 amide bonds. The first-order valence-electron chi connectivity index (χ1n) is 7.50. The second-order valence-corrected chi connectivity index (χ2v) is 6.79. The fourth-order valence-corrected chi connectivity index (χ4v) is 3.20.